The molecular weight excluding hydrogens is 200 g/mol. The maximum atomic E-state index is 13.0. The molecule has 0 N–H and O–H groups in total. The van der Waals surface area contributed by atoms with Crippen LogP contribution < -0.4 is 0 Å². The normalized spacial score (nSPS) is 21.8. The average molecular weight is 215 g/mol. The molecule has 84 valence electrons. The summed E-state index contributed by atoms with van der Waals surface area (Å²) in [5, 5.41) is 7.86. The van der Waals surface area contributed by atoms with Gasteiger partial charge < -0.3 is 4.57 Å². The summed E-state index contributed by atoms with van der Waals surface area (Å²) >= 11 is 0. The highest BCUT2D eigenvalue weighted by Gasteiger charge is 2.36. The molecule has 0 amide bonds. The van der Waals surface area contributed by atoms with E-state index in [9.17, 15) is 8.78 Å². The number of rotatable bonds is 2. The molecule has 1 aromatic heterocycles. The van der Waals surface area contributed by atoms with Gasteiger partial charge >= 0.3 is 0 Å². The molecule has 3 nitrogen and oxygen atoms in total. The molecule has 1 saturated carbocycles. The quantitative estimate of drug-likeness (QED) is 0.759. The van der Waals surface area contributed by atoms with Crippen LogP contribution in [-0.2, 0) is 6.54 Å². The SMILES string of the molecule is CCn1cnnc1C1CCC(F)(F)CC1. The van der Waals surface area contributed by atoms with Crippen molar-refractivity contribution in [1.29, 1.82) is 0 Å². The van der Waals surface area contributed by atoms with Crippen LogP contribution in [0.3, 0.4) is 0 Å². The van der Waals surface area contributed by atoms with Crippen LogP contribution in [0.2, 0.25) is 0 Å². The van der Waals surface area contributed by atoms with E-state index in [1.54, 1.807) is 6.33 Å². The van der Waals surface area contributed by atoms with E-state index in [0.29, 0.717) is 12.8 Å². The molecule has 15 heavy (non-hydrogen) atoms. The second-order valence-corrected chi connectivity index (χ2v) is 4.11. The van der Waals surface area contributed by atoms with E-state index in [4.69, 9.17) is 0 Å². The first-order chi connectivity index (χ1) is 7.12. The summed E-state index contributed by atoms with van der Waals surface area (Å²) in [6, 6.07) is 0. The molecule has 1 aromatic rings. The second-order valence-electron chi connectivity index (χ2n) is 4.11. The minimum atomic E-state index is -2.46. The number of aromatic nitrogens is 3. The van der Waals surface area contributed by atoms with Gasteiger partial charge in [-0.1, -0.05) is 0 Å². The topological polar surface area (TPSA) is 30.7 Å². The molecule has 1 fully saturated rings. The van der Waals surface area contributed by atoms with Crippen LogP contribution in [-0.4, -0.2) is 20.7 Å². The fourth-order valence-electron chi connectivity index (χ4n) is 2.12. The number of nitrogens with zero attached hydrogens (tertiary/aromatic N) is 3. The van der Waals surface area contributed by atoms with Crippen molar-refractivity contribution in [1.82, 2.24) is 14.8 Å². The molecule has 0 aromatic carbocycles. The predicted molar refractivity (Wildman–Crippen MR) is 51.9 cm³/mol. The molecule has 0 atom stereocenters. The number of halogens is 2. The van der Waals surface area contributed by atoms with Crippen molar-refractivity contribution in [2.24, 2.45) is 0 Å². The van der Waals surface area contributed by atoms with Gasteiger partial charge in [-0.2, -0.15) is 0 Å². The number of aryl methyl sites for hydroxylation is 1. The fraction of sp³-hybridized carbons (Fsp3) is 0.800. The Balaban J connectivity index is 2.07. The zero-order valence-electron chi connectivity index (χ0n) is 8.79. The van der Waals surface area contributed by atoms with E-state index in [-0.39, 0.29) is 18.8 Å². The van der Waals surface area contributed by atoms with E-state index in [1.807, 2.05) is 11.5 Å². The standard InChI is InChI=1S/C10H15F2N3/c1-2-15-7-13-14-9(15)8-3-5-10(11,12)6-4-8/h7-8H,2-6H2,1H3. The Hall–Kier alpha value is -1.00. The van der Waals surface area contributed by atoms with Crippen molar-refractivity contribution in [3.05, 3.63) is 12.2 Å². The summed E-state index contributed by atoms with van der Waals surface area (Å²) in [4.78, 5) is 0. The first-order valence-corrected chi connectivity index (χ1v) is 5.38. The van der Waals surface area contributed by atoms with Gasteiger partial charge in [-0.25, -0.2) is 8.78 Å². The highest BCUT2D eigenvalue weighted by molar-refractivity contribution is 4.99. The minimum absolute atomic E-state index is 0.0196. The average Bonchev–Trinajstić information content (AvgIpc) is 2.65. The van der Waals surface area contributed by atoms with E-state index in [0.717, 1.165) is 12.4 Å². The van der Waals surface area contributed by atoms with E-state index >= 15 is 0 Å². The molecule has 1 aliphatic carbocycles. The Kier molecular flexibility index (Phi) is 2.71. The molecule has 0 aliphatic heterocycles. The van der Waals surface area contributed by atoms with E-state index in [1.165, 1.54) is 0 Å². The number of hydrogen-bond donors (Lipinski definition) is 0. The molecule has 5 heteroatoms. The maximum absolute atomic E-state index is 13.0. The zero-order chi connectivity index (χ0) is 10.9. The number of alkyl halides is 2. The lowest BCUT2D eigenvalue weighted by molar-refractivity contribution is -0.0390. The highest BCUT2D eigenvalue weighted by Crippen LogP contribution is 2.40. The van der Waals surface area contributed by atoms with Crippen molar-refractivity contribution in [2.75, 3.05) is 0 Å². The first-order valence-electron chi connectivity index (χ1n) is 5.38. The van der Waals surface area contributed by atoms with Gasteiger partial charge in [0.25, 0.3) is 0 Å². The van der Waals surface area contributed by atoms with E-state index < -0.39 is 5.92 Å². The van der Waals surface area contributed by atoms with Gasteiger partial charge in [-0.05, 0) is 19.8 Å². The molecule has 0 unspecified atom stereocenters. The Bertz CT molecular complexity index is 325. The van der Waals surface area contributed by atoms with Crippen molar-refractivity contribution in [2.45, 2.75) is 51.0 Å². The molecular formula is C10H15F2N3. The summed E-state index contributed by atoms with van der Waals surface area (Å²) in [5.74, 6) is -1.44. The van der Waals surface area contributed by atoms with Crippen LogP contribution in [0.5, 0.6) is 0 Å². The van der Waals surface area contributed by atoms with Crippen LogP contribution in [0.25, 0.3) is 0 Å². The van der Waals surface area contributed by atoms with Crippen LogP contribution in [0, 0.1) is 0 Å². The number of hydrogen-bond acceptors (Lipinski definition) is 2. The highest BCUT2D eigenvalue weighted by atomic mass is 19.3. The first kappa shape index (κ1) is 10.5. The van der Waals surface area contributed by atoms with Gasteiger partial charge in [-0.15, -0.1) is 10.2 Å². The van der Waals surface area contributed by atoms with Crippen molar-refractivity contribution < 1.29 is 8.78 Å². The molecule has 2 rings (SSSR count). The van der Waals surface area contributed by atoms with Gasteiger partial charge in [-0.3, -0.25) is 0 Å². The van der Waals surface area contributed by atoms with Crippen LogP contribution in [0.4, 0.5) is 8.78 Å². The van der Waals surface area contributed by atoms with Gasteiger partial charge in [0.05, 0.1) is 0 Å². The van der Waals surface area contributed by atoms with Gasteiger partial charge in [0.2, 0.25) is 5.92 Å². The third-order valence-corrected chi connectivity index (χ3v) is 3.07. The van der Waals surface area contributed by atoms with Crippen molar-refractivity contribution >= 4 is 0 Å². The van der Waals surface area contributed by atoms with Crippen LogP contribution >= 0.6 is 0 Å². The summed E-state index contributed by atoms with van der Waals surface area (Å²) in [7, 11) is 0. The van der Waals surface area contributed by atoms with Crippen LogP contribution in [0.1, 0.15) is 44.3 Å². The molecule has 1 heterocycles. The zero-order valence-corrected chi connectivity index (χ0v) is 8.79. The summed E-state index contributed by atoms with van der Waals surface area (Å²) in [6.07, 6.45) is 2.67. The van der Waals surface area contributed by atoms with Gasteiger partial charge in [0, 0.05) is 25.3 Å². The Labute approximate surface area is 87.5 Å². The summed E-state index contributed by atoms with van der Waals surface area (Å²) < 4.78 is 27.9. The third kappa shape index (κ3) is 2.16. The van der Waals surface area contributed by atoms with Gasteiger partial charge in [0.1, 0.15) is 12.2 Å². The lowest BCUT2D eigenvalue weighted by Crippen LogP contribution is -2.25. The molecule has 0 bridgehead atoms. The van der Waals surface area contributed by atoms with Crippen molar-refractivity contribution in [3.8, 4) is 0 Å². The third-order valence-electron chi connectivity index (χ3n) is 3.07. The van der Waals surface area contributed by atoms with Crippen molar-refractivity contribution in [3.63, 3.8) is 0 Å². The summed E-state index contributed by atoms with van der Waals surface area (Å²) in [5.41, 5.74) is 0. The Morgan fingerprint density at radius 3 is 2.73 bits per heavy atom. The lowest BCUT2D eigenvalue weighted by atomic mass is 9.86. The van der Waals surface area contributed by atoms with Gasteiger partial charge in [0.15, 0.2) is 0 Å². The Morgan fingerprint density at radius 2 is 2.13 bits per heavy atom. The molecule has 0 spiro atoms. The fourth-order valence-corrected chi connectivity index (χ4v) is 2.12. The molecule has 0 radical (unpaired) electrons. The van der Waals surface area contributed by atoms with Crippen LogP contribution in [0.15, 0.2) is 6.33 Å². The molecule has 0 saturated heterocycles. The summed E-state index contributed by atoms with van der Waals surface area (Å²) in [6.45, 7) is 2.81. The minimum Gasteiger partial charge on any atom is -0.318 e. The Morgan fingerprint density at radius 1 is 1.47 bits per heavy atom. The lowest BCUT2D eigenvalue weighted by Gasteiger charge is -2.27. The van der Waals surface area contributed by atoms with E-state index in [2.05, 4.69) is 10.2 Å². The largest absolute Gasteiger partial charge is 0.318 e. The smallest absolute Gasteiger partial charge is 0.248 e. The molecule has 1 aliphatic rings. The maximum Gasteiger partial charge on any atom is 0.248 e. The second kappa shape index (κ2) is 3.87. The predicted octanol–water partition coefficient (Wildman–Crippen LogP) is 2.59. The monoisotopic (exact) mass is 215 g/mol.